The molecule has 0 aromatic carbocycles. The van der Waals surface area contributed by atoms with E-state index in [0.29, 0.717) is 12.5 Å². The molecule has 6 nitrogen and oxygen atoms in total. The zero-order valence-corrected chi connectivity index (χ0v) is 14.3. The fraction of sp³-hybridized carbons (Fsp3) is 0.667. The van der Waals surface area contributed by atoms with Crippen molar-refractivity contribution in [1.82, 2.24) is 15.6 Å². The van der Waals surface area contributed by atoms with Gasteiger partial charge in [-0.1, -0.05) is 0 Å². The highest BCUT2D eigenvalue weighted by molar-refractivity contribution is 5.85. The van der Waals surface area contributed by atoms with E-state index in [4.69, 9.17) is 10.5 Å². The van der Waals surface area contributed by atoms with Crippen molar-refractivity contribution in [3.05, 3.63) is 24.0 Å². The molecule has 0 spiro atoms. The molecule has 1 aromatic rings. The number of carbonyl (C=O) groups is 1. The predicted molar refractivity (Wildman–Crippen MR) is 90.7 cm³/mol. The smallest absolute Gasteiger partial charge is 0.225 e. The molecule has 0 radical (unpaired) electrons. The van der Waals surface area contributed by atoms with E-state index in [0.717, 1.165) is 18.8 Å². The molecule has 2 saturated carbocycles. The van der Waals surface area contributed by atoms with E-state index < -0.39 is 5.54 Å². The number of aromatic nitrogens is 1. The second-order valence-electron chi connectivity index (χ2n) is 8.18. The first kappa shape index (κ1) is 15.8. The van der Waals surface area contributed by atoms with E-state index >= 15 is 0 Å². The fourth-order valence-corrected chi connectivity index (χ4v) is 3.91. The maximum absolute atomic E-state index is 12.5. The van der Waals surface area contributed by atoms with Crippen molar-refractivity contribution in [2.45, 2.75) is 43.7 Å². The number of piperidine rings is 1. The molecule has 3 unspecified atom stereocenters. The van der Waals surface area contributed by atoms with Crippen molar-refractivity contribution in [3.8, 4) is 5.75 Å². The van der Waals surface area contributed by atoms with Gasteiger partial charge in [0.15, 0.2) is 0 Å². The van der Waals surface area contributed by atoms with Gasteiger partial charge in [-0.05, 0) is 38.7 Å². The van der Waals surface area contributed by atoms with E-state index in [2.05, 4.69) is 15.6 Å². The number of rotatable bonds is 6. The number of nitrogens with zero attached hydrogens (tertiary/aromatic N) is 1. The molecule has 24 heavy (non-hydrogen) atoms. The maximum Gasteiger partial charge on any atom is 0.225 e. The van der Waals surface area contributed by atoms with Crippen LogP contribution in [0.15, 0.2) is 18.5 Å². The Kier molecular flexibility index (Phi) is 3.58. The Labute approximate surface area is 142 Å². The number of carbonyl (C=O) groups excluding carboxylic acids is 1. The summed E-state index contributed by atoms with van der Waals surface area (Å²) in [5.74, 6) is 1.69. The van der Waals surface area contributed by atoms with Gasteiger partial charge in [-0.25, -0.2) is 0 Å². The van der Waals surface area contributed by atoms with Crippen molar-refractivity contribution in [2.24, 2.45) is 17.6 Å². The molecule has 2 heterocycles. The lowest BCUT2D eigenvalue weighted by atomic mass is 10.1. The zero-order valence-electron chi connectivity index (χ0n) is 14.3. The van der Waals surface area contributed by atoms with Crippen LogP contribution in [-0.2, 0) is 4.79 Å². The second kappa shape index (κ2) is 5.43. The minimum Gasteiger partial charge on any atom is -0.489 e. The summed E-state index contributed by atoms with van der Waals surface area (Å²) >= 11 is 0. The first-order valence-corrected chi connectivity index (χ1v) is 8.79. The van der Waals surface area contributed by atoms with Crippen LogP contribution in [0.4, 0.5) is 0 Å². The van der Waals surface area contributed by atoms with Gasteiger partial charge in [0.05, 0.1) is 17.7 Å². The van der Waals surface area contributed by atoms with Gasteiger partial charge in [0.2, 0.25) is 5.91 Å². The first-order valence-electron chi connectivity index (χ1n) is 8.79. The summed E-state index contributed by atoms with van der Waals surface area (Å²) in [5.41, 5.74) is 6.72. The quantitative estimate of drug-likeness (QED) is 0.717. The number of nitrogens with two attached hydrogens (primary N) is 1. The van der Waals surface area contributed by atoms with E-state index in [1.807, 2.05) is 26.1 Å². The Bertz CT molecular complexity index is 658. The van der Waals surface area contributed by atoms with Crippen LogP contribution < -0.4 is 21.1 Å². The summed E-state index contributed by atoms with van der Waals surface area (Å²) in [6, 6.07) is 2.04. The van der Waals surface area contributed by atoms with Crippen LogP contribution in [0.2, 0.25) is 0 Å². The average Bonchev–Trinajstić information content (AvgIpc) is 3.43. The van der Waals surface area contributed by atoms with E-state index in [-0.39, 0.29) is 23.3 Å². The lowest BCUT2D eigenvalue weighted by molar-refractivity contribution is -0.125. The molecule has 4 N–H and O–H groups in total. The second-order valence-corrected chi connectivity index (χ2v) is 8.18. The predicted octanol–water partition coefficient (Wildman–Crippen LogP) is 0.779. The molecule has 1 amide bonds. The lowest BCUT2D eigenvalue weighted by Crippen LogP contribution is -2.50. The van der Waals surface area contributed by atoms with Crippen LogP contribution in [0, 0.1) is 11.8 Å². The molecule has 3 fully saturated rings. The van der Waals surface area contributed by atoms with Gasteiger partial charge >= 0.3 is 0 Å². The van der Waals surface area contributed by atoms with Crippen molar-refractivity contribution in [3.63, 3.8) is 0 Å². The summed E-state index contributed by atoms with van der Waals surface area (Å²) in [5, 5.41) is 6.36. The van der Waals surface area contributed by atoms with Crippen LogP contribution >= 0.6 is 0 Å². The summed E-state index contributed by atoms with van der Waals surface area (Å²) in [6.45, 7) is 5.95. The van der Waals surface area contributed by atoms with Gasteiger partial charge in [0, 0.05) is 36.3 Å². The van der Waals surface area contributed by atoms with E-state index in [9.17, 15) is 4.79 Å². The number of nitrogens with one attached hydrogen (secondary N) is 2. The molecule has 4 rings (SSSR count). The van der Waals surface area contributed by atoms with Crippen LogP contribution in [0.5, 0.6) is 5.75 Å². The highest BCUT2D eigenvalue weighted by Gasteiger charge is 2.68. The molecule has 6 heteroatoms. The molecule has 1 aliphatic heterocycles. The van der Waals surface area contributed by atoms with Crippen LogP contribution in [-0.4, -0.2) is 41.7 Å². The van der Waals surface area contributed by atoms with E-state index in [1.54, 1.807) is 6.20 Å². The third-order valence-corrected chi connectivity index (χ3v) is 5.52. The Hall–Kier alpha value is -1.66. The number of ether oxygens (including phenoxy) is 1. The van der Waals surface area contributed by atoms with Gasteiger partial charge in [0.1, 0.15) is 12.4 Å². The van der Waals surface area contributed by atoms with Gasteiger partial charge in [-0.2, -0.15) is 0 Å². The van der Waals surface area contributed by atoms with Gasteiger partial charge in [0.25, 0.3) is 0 Å². The van der Waals surface area contributed by atoms with E-state index in [1.165, 1.54) is 18.4 Å². The Morgan fingerprint density at radius 3 is 3.00 bits per heavy atom. The number of amides is 1. The normalized spacial score (nSPS) is 31.5. The zero-order chi connectivity index (χ0) is 16.9. The van der Waals surface area contributed by atoms with Crippen molar-refractivity contribution in [1.29, 1.82) is 0 Å². The monoisotopic (exact) mass is 330 g/mol. The average molecular weight is 330 g/mol. The third kappa shape index (κ3) is 2.78. The van der Waals surface area contributed by atoms with Crippen molar-refractivity contribution in [2.75, 3.05) is 19.7 Å². The maximum atomic E-state index is 12.5. The highest BCUT2D eigenvalue weighted by atomic mass is 16.5. The largest absolute Gasteiger partial charge is 0.489 e. The number of hydrogen-bond donors (Lipinski definition) is 3. The molecule has 0 bridgehead atoms. The fourth-order valence-electron chi connectivity index (χ4n) is 3.91. The lowest BCUT2D eigenvalue weighted by Gasteiger charge is -2.27. The number of fused-ring (bicyclic) bond motifs is 1. The summed E-state index contributed by atoms with van der Waals surface area (Å²) < 4.78 is 6.00. The van der Waals surface area contributed by atoms with Gasteiger partial charge in [-0.3, -0.25) is 9.78 Å². The van der Waals surface area contributed by atoms with Gasteiger partial charge in [-0.15, -0.1) is 0 Å². The number of hydrogen-bond acceptors (Lipinski definition) is 5. The highest BCUT2D eigenvalue weighted by Crippen LogP contribution is 2.51. The van der Waals surface area contributed by atoms with Crippen molar-refractivity contribution >= 4 is 5.91 Å². The number of pyridine rings is 1. The Morgan fingerprint density at radius 1 is 1.54 bits per heavy atom. The molecule has 130 valence electrons. The first-order chi connectivity index (χ1) is 11.4. The topological polar surface area (TPSA) is 89.3 Å². The molecule has 2 aliphatic carbocycles. The molecule has 3 aliphatic rings. The Balaban J connectivity index is 1.35. The third-order valence-electron chi connectivity index (χ3n) is 5.52. The minimum absolute atomic E-state index is 0.0474. The molecule has 1 aromatic heterocycles. The van der Waals surface area contributed by atoms with Crippen LogP contribution in [0.1, 0.15) is 38.2 Å². The molecular weight excluding hydrogens is 304 g/mol. The standard InChI is InChI=1S/C18H26N4O2/c1-17(2,22-16(23)15-13-7-21-9-18(13,15)19)10-24-14-8-20-6-5-12(14)11-3-4-11/h5-6,8,11,13,15,21H,3-4,7,9-10,19H2,1-2H3,(H,22,23). The SMILES string of the molecule is CC(C)(COc1cnccc1C1CC1)NC(=O)C1C2CNCC21N. The summed E-state index contributed by atoms with van der Waals surface area (Å²) in [7, 11) is 0. The van der Waals surface area contributed by atoms with Crippen LogP contribution in [0.3, 0.4) is 0 Å². The molecule has 1 saturated heterocycles. The van der Waals surface area contributed by atoms with Crippen LogP contribution in [0.25, 0.3) is 0 Å². The minimum atomic E-state index is -0.450. The van der Waals surface area contributed by atoms with Gasteiger partial charge < -0.3 is 21.1 Å². The molecular formula is C18H26N4O2. The summed E-state index contributed by atoms with van der Waals surface area (Å²) in [4.78, 5) is 16.7. The molecule has 3 atom stereocenters. The summed E-state index contributed by atoms with van der Waals surface area (Å²) in [6.07, 6.45) is 6.03. The van der Waals surface area contributed by atoms with Crippen molar-refractivity contribution < 1.29 is 9.53 Å². The Morgan fingerprint density at radius 2 is 2.33 bits per heavy atom.